The summed E-state index contributed by atoms with van der Waals surface area (Å²) in [5.41, 5.74) is 2.31. The average molecular weight is 425 g/mol. The van der Waals surface area contributed by atoms with Gasteiger partial charge in [-0.1, -0.05) is 42.5 Å². The molecule has 2 aromatic rings. The molecular weight excluding hydrogens is 392 g/mol. The van der Waals surface area contributed by atoms with Crippen LogP contribution in [-0.2, 0) is 17.9 Å². The molecule has 0 spiro atoms. The quantitative estimate of drug-likeness (QED) is 0.707. The minimum atomic E-state index is -0.166. The van der Waals surface area contributed by atoms with Crippen LogP contribution in [0.2, 0.25) is 0 Å². The second-order valence-electron chi connectivity index (χ2n) is 7.83. The monoisotopic (exact) mass is 424 g/mol. The SMILES string of the molecule is COc1ccc(CN2CCN(C(=O)CCNC(=O)N(C)Cc3ccccc3)CC2)cc1. The zero-order valence-electron chi connectivity index (χ0n) is 18.4. The first-order valence-corrected chi connectivity index (χ1v) is 10.7. The molecule has 7 heteroatoms. The number of urea groups is 1. The first-order chi connectivity index (χ1) is 15.0. The van der Waals surface area contributed by atoms with E-state index >= 15 is 0 Å². The number of nitrogens with one attached hydrogen (secondary N) is 1. The lowest BCUT2D eigenvalue weighted by molar-refractivity contribution is -0.132. The van der Waals surface area contributed by atoms with Crippen molar-refractivity contribution in [3.63, 3.8) is 0 Å². The third-order valence-corrected chi connectivity index (χ3v) is 5.51. The number of hydrogen-bond acceptors (Lipinski definition) is 4. The van der Waals surface area contributed by atoms with Gasteiger partial charge in [-0.25, -0.2) is 4.79 Å². The highest BCUT2D eigenvalue weighted by Crippen LogP contribution is 2.14. The maximum Gasteiger partial charge on any atom is 0.317 e. The van der Waals surface area contributed by atoms with Gasteiger partial charge >= 0.3 is 6.03 Å². The Morgan fingerprint density at radius 3 is 2.29 bits per heavy atom. The van der Waals surface area contributed by atoms with Gasteiger partial charge in [0.25, 0.3) is 0 Å². The van der Waals surface area contributed by atoms with Crippen LogP contribution < -0.4 is 10.1 Å². The van der Waals surface area contributed by atoms with E-state index in [1.54, 1.807) is 19.1 Å². The lowest BCUT2D eigenvalue weighted by Crippen LogP contribution is -2.49. The van der Waals surface area contributed by atoms with Crippen LogP contribution in [0, 0.1) is 0 Å². The van der Waals surface area contributed by atoms with E-state index in [0.29, 0.717) is 19.5 Å². The normalized spacial score (nSPS) is 14.2. The van der Waals surface area contributed by atoms with Crippen LogP contribution >= 0.6 is 0 Å². The molecule has 1 aliphatic heterocycles. The Balaban J connectivity index is 1.33. The van der Waals surface area contributed by atoms with Crippen LogP contribution in [0.25, 0.3) is 0 Å². The van der Waals surface area contributed by atoms with Crippen LogP contribution in [0.1, 0.15) is 17.5 Å². The predicted molar refractivity (Wildman–Crippen MR) is 121 cm³/mol. The molecule has 3 rings (SSSR count). The number of amides is 3. The molecular formula is C24H32N4O3. The maximum absolute atomic E-state index is 12.5. The van der Waals surface area contributed by atoms with E-state index in [9.17, 15) is 9.59 Å². The van der Waals surface area contributed by atoms with Gasteiger partial charge < -0.3 is 19.9 Å². The van der Waals surface area contributed by atoms with Crippen molar-refractivity contribution in [1.82, 2.24) is 20.0 Å². The predicted octanol–water partition coefficient (Wildman–Crippen LogP) is 2.57. The lowest BCUT2D eigenvalue weighted by atomic mass is 10.2. The standard InChI is InChI=1S/C24H32N4O3/c1-26(18-20-6-4-3-5-7-20)24(30)25-13-12-23(29)28-16-14-27(15-17-28)19-21-8-10-22(31-2)11-9-21/h3-11H,12-19H2,1-2H3,(H,25,30). The fourth-order valence-electron chi connectivity index (χ4n) is 3.64. The summed E-state index contributed by atoms with van der Waals surface area (Å²) < 4.78 is 5.20. The molecule has 1 N–H and O–H groups in total. The molecule has 0 radical (unpaired) electrons. The number of ether oxygens (including phenoxy) is 1. The Morgan fingerprint density at radius 1 is 0.968 bits per heavy atom. The lowest BCUT2D eigenvalue weighted by Gasteiger charge is -2.35. The van der Waals surface area contributed by atoms with Crippen LogP contribution in [0.5, 0.6) is 5.75 Å². The van der Waals surface area contributed by atoms with E-state index in [4.69, 9.17) is 4.74 Å². The highest BCUT2D eigenvalue weighted by atomic mass is 16.5. The molecule has 0 aliphatic carbocycles. The molecule has 7 nitrogen and oxygen atoms in total. The van der Waals surface area contributed by atoms with Gasteiger partial charge in [0.1, 0.15) is 5.75 Å². The second-order valence-corrected chi connectivity index (χ2v) is 7.83. The van der Waals surface area contributed by atoms with Crippen molar-refractivity contribution in [2.24, 2.45) is 0 Å². The molecule has 1 saturated heterocycles. The average Bonchev–Trinajstić information content (AvgIpc) is 2.80. The first-order valence-electron chi connectivity index (χ1n) is 10.7. The summed E-state index contributed by atoms with van der Waals surface area (Å²) in [4.78, 5) is 30.6. The fourth-order valence-corrected chi connectivity index (χ4v) is 3.64. The Kier molecular flexibility index (Phi) is 8.29. The molecule has 1 aliphatic rings. The van der Waals surface area contributed by atoms with Crippen molar-refractivity contribution in [2.45, 2.75) is 19.5 Å². The summed E-state index contributed by atoms with van der Waals surface area (Å²) in [6, 6.07) is 17.8. The van der Waals surface area contributed by atoms with Gasteiger partial charge in [0.05, 0.1) is 7.11 Å². The molecule has 0 atom stereocenters. The summed E-state index contributed by atoms with van der Waals surface area (Å²) in [6.45, 7) is 4.90. The van der Waals surface area contributed by atoms with Crippen molar-refractivity contribution in [3.05, 3.63) is 65.7 Å². The van der Waals surface area contributed by atoms with Crippen molar-refractivity contribution in [3.8, 4) is 5.75 Å². The van der Waals surface area contributed by atoms with E-state index in [1.165, 1.54) is 5.56 Å². The molecule has 1 heterocycles. The molecule has 0 aromatic heterocycles. The minimum absolute atomic E-state index is 0.0927. The zero-order valence-corrected chi connectivity index (χ0v) is 18.4. The Labute approximate surface area is 184 Å². The molecule has 2 aromatic carbocycles. The van der Waals surface area contributed by atoms with E-state index in [1.807, 2.05) is 47.4 Å². The van der Waals surface area contributed by atoms with Crippen LogP contribution in [0.3, 0.4) is 0 Å². The number of rotatable bonds is 8. The summed E-state index contributed by atoms with van der Waals surface area (Å²) in [5.74, 6) is 0.952. The molecule has 1 fully saturated rings. The highest BCUT2D eigenvalue weighted by Gasteiger charge is 2.21. The largest absolute Gasteiger partial charge is 0.497 e. The number of methoxy groups -OCH3 is 1. The van der Waals surface area contributed by atoms with Crippen molar-refractivity contribution in [2.75, 3.05) is 46.9 Å². The summed E-state index contributed by atoms with van der Waals surface area (Å²) in [5, 5.41) is 2.84. The second kappa shape index (κ2) is 11.4. The van der Waals surface area contributed by atoms with Crippen LogP contribution in [-0.4, -0.2) is 73.5 Å². The highest BCUT2D eigenvalue weighted by molar-refractivity contribution is 5.78. The Hall–Kier alpha value is -3.06. The number of carbonyl (C=O) groups is 2. The van der Waals surface area contributed by atoms with Gasteiger partial charge in [-0.05, 0) is 23.3 Å². The topological polar surface area (TPSA) is 65.1 Å². The molecule has 31 heavy (non-hydrogen) atoms. The Morgan fingerprint density at radius 2 is 1.65 bits per heavy atom. The summed E-state index contributed by atoms with van der Waals surface area (Å²) in [6.07, 6.45) is 0.323. The van der Waals surface area contributed by atoms with Crippen molar-refractivity contribution in [1.29, 1.82) is 0 Å². The number of carbonyl (C=O) groups excluding carboxylic acids is 2. The number of benzene rings is 2. The van der Waals surface area contributed by atoms with E-state index in [-0.39, 0.29) is 11.9 Å². The zero-order chi connectivity index (χ0) is 22.1. The van der Waals surface area contributed by atoms with Gasteiger partial charge in [-0.15, -0.1) is 0 Å². The molecule has 3 amide bonds. The van der Waals surface area contributed by atoms with Gasteiger partial charge in [-0.3, -0.25) is 9.69 Å². The third-order valence-electron chi connectivity index (χ3n) is 5.51. The molecule has 0 bridgehead atoms. The smallest absolute Gasteiger partial charge is 0.317 e. The molecule has 166 valence electrons. The van der Waals surface area contributed by atoms with E-state index in [2.05, 4.69) is 22.3 Å². The van der Waals surface area contributed by atoms with E-state index < -0.39 is 0 Å². The third kappa shape index (κ3) is 7.00. The minimum Gasteiger partial charge on any atom is -0.497 e. The first kappa shape index (κ1) is 22.6. The Bertz CT molecular complexity index is 834. The maximum atomic E-state index is 12.5. The van der Waals surface area contributed by atoms with Gasteiger partial charge in [0, 0.05) is 59.3 Å². The number of piperazine rings is 1. The summed E-state index contributed by atoms with van der Waals surface area (Å²) in [7, 11) is 3.42. The molecule has 0 saturated carbocycles. The molecule has 0 unspecified atom stereocenters. The van der Waals surface area contributed by atoms with Crippen molar-refractivity contribution >= 4 is 11.9 Å². The van der Waals surface area contributed by atoms with Crippen LogP contribution in [0.4, 0.5) is 4.79 Å². The number of nitrogens with zero attached hydrogens (tertiary/aromatic N) is 3. The van der Waals surface area contributed by atoms with Gasteiger partial charge in [0.2, 0.25) is 5.91 Å². The summed E-state index contributed by atoms with van der Waals surface area (Å²) >= 11 is 0. The van der Waals surface area contributed by atoms with Crippen LogP contribution in [0.15, 0.2) is 54.6 Å². The van der Waals surface area contributed by atoms with Crippen molar-refractivity contribution < 1.29 is 14.3 Å². The van der Waals surface area contributed by atoms with E-state index in [0.717, 1.165) is 44.0 Å². The van der Waals surface area contributed by atoms with Gasteiger partial charge in [-0.2, -0.15) is 0 Å². The van der Waals surface area contributed by atoms with Gasteiger partial charge in [0.15, 0.2) is 0 Å². The fraction of sp³-hybridized carbons (Fsp3) is 0.417. The number of hydrogen-bond donors (Lipinski definition) is 1.